The lowest BCUT2D eigenvalue weighted by Crippen LogP contribution is -2.41. The van der Waals surface area contributed by atoms with Gasteiger partial charge in [-0.15, -0.1) is 16.8 Å². The molecule has 1 amide bonds. The Morgan fingerprint density at radius 1 is 1.57 bits per heavy atom. The van der Waals surface area contributed by atoms with Gasteiger partial charge >= 0.3 is 0 Å². The molecule has 1 N–H and O–H groups in total. The molecule has 1 unspecified atom stereocenters. The lowest BCUT2D eigenvalue weighted by Gasteiger charge is -2.26. The molecule has 1 fully saturated rings. The molecule has 1 atom stereocenters. The van der Waals surface area contributed by atoms with Gasteiger partial charge < -0.3 is 10.2 Å². The molecule has 1 aromatic heterocycles. The SMILES string of the molecule is C=CCNc1nnc(SCC(=O)N(CC)C2CCS(=O)(=O)C2)s1. The minimum atomic E-state index is -2.99. The number of rotatable bonds is 8. The number of anilines is 1. The van der Waals surface area contributed by atoms with Gasteiger partial charge in [0, 0.05) is 19.1 Å². The van der Waals surface area contributed by atoms with Gasteiger partial charge in [0.1, 0.15) is 0 Å². The van der Waals surface area contributed by atoms with Crippen molar-refractivity contribution in [3.8, 4) is 0 Å². The first kappa shape index (κ1) is 18.2. The fraction of sp³-hybridized carbons (Fsp3) is 0.615. The zero-order chi connectivity index (χ0) is 16.9. The van der Waals surface area contributed by atoms with Crippen molar-refractivity contribution in [2.24, 2.45) is 0 Å². The summed E-state index contributed by atoms with van der Waals surface area (Å²) in [5, 5.41) is 11.7. The Bertz CT molecular complexity index is 659. The molecule has 1 aromatic rings. The van der Waals surface area contributed by atoms with Crippen LogP contribution in [0.2, 0.25) is 0 Å². The topological polar surface area (TPSA) is 92.3 Å². The van der Waals surface area contributed by atoms with E-state index in [1.54, 1.807) is 11.0 Å². The standard InChI is InChI=1S/C13H20N4O3S3/c1-3-6-14-12-15-16-13(22-12)21-8-11(18)17(4-2)10-5-7-23(19,20)9-10/h3,10H,1,4-9H2,2H3,(H,14,15). The maximum atomic E-state index is 12.4. The average molecular weight is 377 g/mol. The van der Waals surface area contributed by atoms with Crippen molar-refractivity contribution < 1.29 is 13.2 Å². The smallest absolute Gasteiger partial charge is 0.233 e. The highest BCUT2D eigenvalue weighted by Crippen LogP contribution is 2.26. The van der Waals surface area contributed by atoms with Crippen LogP contribution in [-0.4, -0.2) is 65.8 Å². The molecule has 2 rings (SSSR count). The quantitative estimate of drug-likeness (QED) is 0.539. The fourth-order valence-electron chi connectivity index (χ4n) is 2.36. The van der Waals surface area contributed by atoms with Crippen molar-refractivity contribution in [3.05, 3.63) is 12.7 Å². The summed E-state index contributed by atoms with van der Waals surface area (Å²) in [5.74, 6) is 0.422. The second kappa shape index (κ2) is 8.11. The van der Waals surface area contributed by atoms with Crippen molar-refractivity contribution in [1.29, 1.82) is 0 Å². The first-order chi connectivity index (χ1) is 10.9. The number of carbonyl (C=O) groups excluding carboxylic acids is 1. The molecule has 2 heterocycles. The summed E-state index contributed by atoms with van der Waals surface area (Å²) in [4.78, 5) is 14.0. The summed E-state index contributed by atoms with van der Waals surface area (Å²) in [7, 11) is -2.99. The van der Waals surface area contributed by atoms with E-state index in [0.29, 0.717) is 29.0 Å². The van der Waals surface area contributed by atoms with E-state index in [2.05, 4.69) is 22.1 Å². The highest BCUT2D eigenvalue weighted by atomic mass is 32.2. The van der Waals surface area contributed by atoms with Crippen molar-refractivity contribution in [2.45, 2.75) is 23.7 Å². The number of aromatic nitrogens is 2. The summed E-state index contributed by atoms with van der Waals surface area (Å²) in [5.41, 5.74) is 0. The third-order valence-electron chi connectivity index (χ3n) is 3.43. The zero-order valence-corrected chi connectivity index (χ0v) is 15.3. The van der Waals surface area contributed by atoms with Crippen LogP contribution >= 0.6 is 23.1 Å². The number of hydrogen-bond acceptors (Lipinski definition) is 8. The predicted octanol–water partition coefficient (Wildman–Crippen LogP) is 1.26. The molecule has 7 nitrogen and oxygen atoms in total. The van der Waals surface area contributed by atoms with Crippen molar-refractivity contribution in [2.75, 3.05) is 35.7 Å². The summed E-state index contributed by atoms with van der Waals surface area (Å²) < 4.78 is 23.9. The van der Waals surface area contributed by atoms with Crippen molar-refractivity contribution in [3.63, 3.8) is 0 Å². The molecule has 1 saturated heterocycles. The molecule has 0 bridgehead atoms. The second-order valence-corrected chi connectivity index (χ2v) is 9.50. The maximum absolute atomic E-state index is 12.4. The van der Waals surface area contributed by atoms with Crippen LogP contribution in [0.15, 0.2) is 17.0 Å². The van der Waals surface area contributed by atoms with Crippen molar-refractivity contribution in [1.82, 2.24) is 15.1 Å². The fourth-order valence-corrected chi connectivity index (χ4v) is 5.74. The Balaban J connectivity index is 1.87. The van der Waals surface area contributed by atoms with E-state index in [4.69, 9.17) is 0 Å². The summed E-state index contributed by atoms with van der Waals surface area (Å²) in [6.45, 7) is 6.61. The Morgan fingerprint density at radius 3 is 2.96 bits per heavy atom. The number of hydrogen-bond donors (Lipinski definition) is 1. The summed E-state index contributed by atoms with van der Waals surface area (Å²) in [6.07, 6.45) is 2.26. The number of thioether (sulfide) groups is 1. The van der Waals surface area contributed by atoms with Gasteiger partial charge in [-0.05, 0) is 13.3 Å². The molecule has 1 aliphatic heterocycles. The van der Waals surface area contributed by atoms with Crippen LogP contribution in [0.25, 0.3) is 0 Å². The minimum absolute atomic E-state index is 0.0598. The van der Waals surface area contributed by atoms with Gasteiger partial charge in [-0.3, -0.25) is 4.79 Å². The first-order valence-electron chi connectivity index (χ1n) is 7.26. The molecule has 0 saturated carbocycles. The van der Waals surface area contributed by atoms with E-state index in [1.807, 2.05) is 6.92 Å². The van der Waals surface area contributed by atoms with E-state index in [9.17, 15) is 13.2 Å². The highest BCUT2D eigenvalue weighted by Gasteiger charge is 2.33. The van der Waals surface area contributed by atoms with Crippen LogP contribution in [0.4, 0.5) is 5.13 Å². The van der Waals surface area contributed by atoms with Crippen molar-refractivity contribution >= 4 is 44.0 Å². The zero-order valence-electron chi connectivity index (χ0n) is 12.9. The number of amides is 1. The Morgan fingerprint density at radius 2 is 2.35 bits per heavy atom. The van der Waals surface area contributed by atoms with Crippen LogP contribution in [0, 0.1) is 0 Å². The van der Waals surface area contributed by atoms with E-state index < -0.39 is 9.84 Å². The van der Waals surface area contributed by atoms with Gasteiger partial charge in [0.15, 0.2) is 14.2 Å². The van der Waals surface area contributed by atoms with Gasteiger partial charge in [-0.1, -0.05) is 29.2 Å². The number of nitrogens with zero attached hydrogens (tertiary/aromatic N) is 3. The molecular formula is C13H20N4O3S3. The van der Waals surface area contributed by atoms with Gasteiger partial charge in [0.2, 0.25) is 11.0 Å². The van der Waals surface area contributed by atoms with Crippen LogP contribution in [-0.2, 0) is 14.6 Å². The predicted molar refractivity (Wildman–Crippen MR) is 93.8 cm³/mol. The Hall–Kier alpha value is -1.13. The highest BCUT2D eigenvalue weighted by molar-refractivity contribution is 8.01. The Labute approximate surface area is 144 Å². The monoisotopic (exact) mass is 376 g/mol. The lowest BCUT2D eigenvalue weighted by molar-refractivity contribution is -0.129. The molecule has 10 heteroatoms. The summed E-state index contributed by atoms with van der Waals surface area (Å²) >= 11 is 2.70. The average Bonchev–Trinajstić information content (AvgIpc) is 3.10. The molecule has 23 heavy (non-hydrogen) atoms. The van der Waals surface area contributed by atoms with Gasteiger partial charge in [0.05, 0.1) is 17.3 Å². The number of nitrogens with one attached hydrogen (secondary N) is 1. The number of carbonyl (C=O) groups is 1. The summed E-state index contributed by atoms with van der Waals surface area (Å²) in [6, 6.07) is -0.197. The molecular weight excluding hydrogens is 356 g/mol. The maximum Gasteiger partial charge on any atom is 0.233 e. The van der Waals surface area contributed by atoms with Gasteiger partial charge in [-0.2, -0.15) is 0 Å². The van der Waals surface area contributed by atoms with E-state index in [1.165, 1.54) is 23.1 Å². The van der Waals surface area contributed by atoms with Crippen LogP contribution in [0.5, 0.6) is 0 Å². The Kier molecular flexibility index (Phi) is 6.42. The van der Waals surface area contributed by atoms with Crippen LogP contribution in [0.3, 0.4) is 0 Å². The van der Waals surface area contributed by atoms with Crippen LogP contribution in [0.1, 0.15) is 13.3 Å². The molecule has 0 aromatic carbocycles. The third kappa shape index (κ3) is 5.18. The first-order valence-corrected chi connectivity index (χ1v) is 10.9. The molecule has 0 aliphatic carbocycles. The lowest BCUT2D eigenvalue weighted by atomic mass is 10.2. The van der Waals surface area contributed by atoms with Gasteiger partial charge in [-0.25, -0.2) is 8.42 Å². The minimum Gasteiger partial charge on any atom is -0.357 e. The molecule has 0 radical (unpaired) electrons. The normalized spacial score (nSPS) is 19.4. The van der Waals surface area contributed by atoms with Gasteiger partial charge in [0.25, 0.3) is 0 Å². The molecule has 128 valence electrons. The molecule has 1 aliphatic rings. The number of sulfone groups is 1. The van der Waals surface area contributed by atoms with E-state index in [0.717, 1.165) is 0 Å². The van der Waals surface area contributed by atoms with E-state index in [-0.39, 0.29) is 29.2 Å². The third-order valence-corrected chi connectivity index (χ3v) is 7.18. The largest absolute Gasteiger partial charge is 0.357 e. The second-order valence-electron chi connectivity index (χ2n) is 5.07. The molecule has 0 spiro atoms. The van der Waals surface area contributed by atoms with Crippen LogP contribution < -0.4 is 5.32 Å². The van der Waals surface area contributed by atoms with E-state index >= 15 is 0 Å².